The van der Waals surface area contributed by atoms with Gasteiger partial charge in [0.25, 0.3) is 0 Å². The fourth-order valence-corrected chi connectivity index (χ4v) is 2.72. The summed E-state index contributed by atoms with van der Waals surface area (Å²) in [6, 6.07) is 7.00. The van der Waals surface area contributed by atoms with Crippen LogP contribution in [0.2, 0.25) is 0 Å². The van der Waals surface area contributed by atoms with Gasteiger partial charge in [-0.3, -0.25) is 4.68 Å². The Hall–Kier alpha value is -1.20. The van der Waals surface area contributed by atoms with E-state index in [0.717, 1.165) is 36.1 Å². The number of aromatic nitrogens is 2. The van der Waals surface area contributed by atoms with Crippen LogP contribution in [-0.2, 0) is 6.54 Å². The number of hydrogen-bond acceptors (Lipinski definition) is 2. The molecule has 1 aromatic carbocycles. The van der Waals surface area contributed by atoms with Crippen molar-refractivity contribution in [1.29, 1.82) is 0 Å². The summed E-state index contributed by atoms with van der Waals surface area (Å²) >= 11 is 3.31. The van der Waals surface area contributed by atoms with Crippen molar-refractivity contribution >= 4 is 15.9 Å². The smallest absolute Gasteiger partial charge is 0.129 e. The molecule has 0 aliphatic carbocycles. The third-order valence-electron chi connectivity index (χ3n) is 3.35. The van der Waals surface area contributed by atoms with Crippen molar-refractivity contribution in [3.8, 4) is 0 Å². The average molecular weight is 354 g/mol. The van der Waals surface area contributed by atoms with Gasteiger partial charge in [-0.15, -0.1) is 0 Å². The summed E-state index contributed by atoms with van der Waals surface area (Å²) in [5.74, 6) is -0.206. The summed E-state index contributed by atoms with van der Waals surface area (Å²) in [6.07, 6.45) is 3.77. The molecule has 0 bridgehead atoms. The maximum atomic E-state index is 14.3. The zero-order valence-corrected chi connectivity index (χ0v) is 14.0. The van der Waals surface area contributed by atoms with Crippen molar-refractivity contribution in [3.63, 3.8) is 0 Å². The van der Waals surface area contributed by atoms with Crippen molar-refractivity contribution in [3.05, 3.63) is 52.0 Å². The minimum Gasteiger partial charge on any atom is -0.305 e. The summed E-state index contributed by atoms with van der Waals surface area (Å²) in [4.78, 5) is 0. The van der Waals surface area contributed by atoms with Gasteiger partial charge in [0.15, 0.2) is 0 Å². The van der Waals surface area contributed by atoms with E-state index in [9.17, 15) is 4.39 Å². The van der Waals surface area contributed by atoms with Crippen LogP contribution in [0.15, 0.2) is 34.9 Å². The quantitative estimate of drug-likeness (QED) is 0.804. The van der Waals surface area contributed by atoms with Crippen molar-refractivity contribution < 1.29 is 4.39 Å². The van der Waals surface area contributed by atoms with E-state index in [4.69, 9.17) is 0 Å². The van der Waals surface area contributed by atoms with Gasteiger partial charge in [0.2, 0.25) is 0 Å². The van der Waals surface area contributed by atoms with E-state index in [-0.39, 0.29) is 11.9 Å². The Balaban J connectivity index is 2.39. The minimum atomic E-state index is -0.206. The Morgan fingerprint density at radius 3 is 2.76 bits per heavy atom. The van der Waals surface area contributed by atoms with E-state index in [1.165, 1.54) is 6.07 Å². The number of halogens is 2. The van der Waals surface area contributed by atoms with E-state index in [1.54, 1.807) is 6.20 Å². The summed E-state index contributed by atoms with van der Waals surface area (Å²) in [7, 11) is 0. The molecule has 0 aliphatic rings. The lowest BCUT2D eigenvalue weighted by Crippen LogP contribution is -2.26. The fraction of sp³-hybridized carbons (Fsp3) is 0.438. The maximum Gasteiger partial charge on any atom is 0.129 e. The van der Waals surface area contributed by atoms with Gasteiger partial charge in [0.05, 0.1) is 11.7 Å². The van der Waals surface area contributed by atoms with Crippen LogP contribution in [0, 0.1) is 5.82 Å². The lowest BCUT2D eigenvalue weighted by atomic mass is 10.0. The number of rotatable bonds is 7. The summed E-state index contributed by atoms with van der Waals surface area (Å²) in [6.45, 7) is 5.88. The van der Waals surface area contributed by atoms with Crippen molar-refractivity contribution in [2.24, 2.45) is 0 Å². The number of benzene rings is 1. The topological polar surface area (TPSA) is 29.9 Å². The average Bonchev–Trinajstić information content (AvgIpc) is 2.90. The van der Waals surface area contributed by atoms with Crippen LogP contribution in [0.1, 0.15) is 44.0 Å². The Labute approximate surface area is 133 Å². The molecule has 0 aliphatic heterocycles. The van der Waals surface area contributed by atoms with Gasteiger partial charge in [-0.25, -0.2) is 4.39 Å². The lowest BCUT2D eigenvalue weighted by molar-refractivity contribution is 0.493. The largest absolute Gasteiger partial charge is 0.305 e. The van der Waals surface area contributed by atoms with Crippen LogP contribution in [0.5, 0.6) is 0 Å². The second kappa shape index (κ2) is 7.71. The zero-order valence-electron chi connectivity index (χ0n) is 12.4. The van der Waals surface area contributed by atoms with E-state index >= 15 is 0 Å². The predicted molar refractivity (Wildman–Crippen MR) is 86.8 cm³/mol. The molecule has 1 aromatic heterocycles. The molecule has 0 saturated heterocycles. The summed E-state index contributed by atoms with van der Waals surface area (Å²) in [5, 5.41) is 7.78. The van der Waals surface area contributed by atoms with Crippen LogP contribution in [-0.4, -0.2) is 16.3 Å². The molecule has 1 unspecified atom stereocenters. The van der Waals surface area contributed by atoms with Crippen LogP contribution in [0.25, 0.3) is 0 Å². The minimum absolute atomic E-state index is 0.174. The summed E-state index contributed by atoms with van der Waals surface area (Å²) in [5.41, 5.74) is 1.66. The monoisotopic (exact) mass is 353 g/mol. The maximum absolute atomic E-state index is 14.3. The molecule has 3 nitrogen and oxygen atoms in total. The number of aryl methyl sites for hydroxylation is 1. The Bertz CT molecular complexity index is 583. The van der Waals surface area contributed by atoms with Gasteiger partial charge in [0, 0.05) is 22.8 Å². The second-order valence-electron chi connectivity index (χ2n) is 5.03. The first-order valence-corrected chi connectivity index (χ1v) is 8.16. The molecule has 0 saturated carbocycles. The van der Waals surface area contributed by atoms with Crippen molar-refractivity contribution in [2.45, 2.75) is 39.3 Å². The first kappa shape index (κ1) is 16.2. The molecule has 114 valence electrons. The van der Waals surface area contributed by atoms with E-state index in [0.29, 0.717) is 5.56 Å². The first-order valence-electron chi connectivity index (χ1n) is 7.37. The molecule has 0 amide bonds. The lowest BCUT2D eigenvalue weighted by Gasteiger charge is -2.21. The normalized spacial score (nSPS) is 12.6. The van der Waals surface area contributed by atoms with Gasteiger partial charge in [-0.05, 0) is 37.6 Å². The molecular weight excluding hydrogens is 333 g/mol. The Morgan fingerprint density at radius 1 is 1.29 bits per heavy atom. The Kier molecular flexibility index (Phi) is 5.94. The third kappa shape index (κ3) is 3.92. The van der Waals surface area contributed by atoms with Gasteiger partial charge in [-0.2, -0.15) is 5.10 Å². The molecule has 0 spiro atoms. The highest BCUT2D eigenvalue weighted by Crippen LogP contribution is 2.26. The summed E-state index contributed by atoms with van der Waals surface area (Å²) < 4.78 is 17.0. The third-order valence-corrected chi connectivity index (χ3v) is 3.85. The van der Waals surface area contributed by atoms with Crippen LogP contribution in [0.4, 0.5) is 4.39 Å². The second-order valence-corrected chi connectivity index (χ2v) is 5.95. The molecule has 2 rings (SSSR count). The Morgan fingerprint density at radius 2 is 2.10 bits per heavy atom. The number of nitrogens with one attached hydrogen (secondary N) is 1. The number of hydrogen-bond donors (Lipinski definition) is 1. The SMILES string of the molecule is CCCNC(c1ccc(Br)cc1F)c1ccnn1CCC. The fourth-order valence-electron chi connectivity index (χ4n) is 2.38. The first-order chi connectivity index (χ1) is 10.2. The highest BCUT2D eigenvalue weighted by molar-refractivity contribution is 9.10. The molecule has 1 N–H and O–H groups in total. The van der Waals surface area contributed by atoms with Gasteiger partial charge in [0.1, 0.15) is 5.82 Å². The highest BCUT2D eigenvalue weighted by Gasteiger charge is 2.20. The van der Waals surface area contributed by atoms with E-state index < -0.39 is 0 Å². The molecule has 21 heavy (non-hydrogen) atoms. The molecular formula is C16H21BrFN3. The van der Waals surface area contributed by atoms with Gasteiger partial charge in [-0.1, -0.05) is 35.8 Å². The highest BCUT2D eigenvalue weighted by atomic mass is 79.9. The zero-order chi connectivity index (χ0) is 15.2. The molecule has 1 heterocycles. The van der Waals surface area contributed by atoms with Crippen LogP contribution >= 0.6 is 15.9 Å². The number of nitrogens with zero attached hydrogens (tertiary/aromatic N) is 2. The van der Waals surface area contributed by atoms with Crippen molar-refractivity contribution in [2.75, 3.05) is 6.54 Å². The van der Waals surface area contributed by atoms with E-state index in [1.807, 2.05) is 22.9 Å². The van der Waals surface area contributed by atoms with Crippen LogP contribution in [0.3, 0.4) is 0 Å². The van der Waals surface area contributed by atoms with Crippen LogP contribution < -0.4 is 5.32 Å². The van der Waals surface area contributed by atoms with E-state index in [2.05, 4.69) is 40.2 Å². The van der Waals surface area contributed by atoms with Crippen molar-refractivity contribution in [1.82, 2.24) is 15.1 Å². The molecule has 0 fully saturated rings. The molecule has 0 radical (unpaired) electrons. The molecule has 5 heteroatoms. The standard InChI is InChI=1S/C16H21BrFN3/c1-3-8-19-16(13-6-5-12(17)11-14(13)18)15-7-9-20-21(15)10-4-2/h5-7,9,11,16,19H,3-4,8,10H2,1-2H3. The van der Waals surface area contributed by atoms with Gasteiger partial charge >= 0.3 is 0 Å². The van der Waals surface area contributed by atoms with Gasteiger partial charge < -0.3 is 5.32 Å². The predicted octanol–water partition coefficient (Wildman–Crippen LogP) is 4.28. The molecule has 1 atom stereocenters. The molecule has 2 aromatic rings.